The summed E-state index contributed by atoms with van der Waals surface area (Å²) in [5.74, 6) is 1.90. The Labute approximate surface area is 165 Å². The highest BCUT2D eigenvalue weighted by atomic mass is 35.5. The molecule has 140 valence electrons. The van der Waals surface area contributed by atoms with E-state index >= 15 is 0 Å². The molecule has 0 aromatic carbocycles. The lowest BCUT2D eigenvalue weighted by Crippen LogP contribution is -2.35. The lowest BCUT2D eigenvalue weighted by Gasteiger charge is -2.39. The van der Waals surface area contributed by atoms with E-state index in [4.69, 9.17) is 16.6 Å². The van der Waals surface area contributed by atoms with Crippen LogP contribution in [0.15, 0.2) is 0 Å². The van der Waals surface area contributed by atoms with E-state index < -0.39 is 0 Å². The molecule has 2 aliphatic carbocycles. The van der Waals surface area contributed by atoms with Gasteiger partial charge in [0.05, 0.1) is 5.39 Å². The van der Waals surface area contributed by atoms with Gasteiger partial charge in [-0.2, -0.15) is 4.98 Å². The van der Waals surface area contributed by atoms with Crippen molar-refractivity contribution in [3.8, 4) is 0 Å². The molecule has 3 heterocycles. The molecule has 3 unspecified atom stereocenters. The maximum absolute atomic E-state index is 6.39. The Morgan fingerprint density at radius 3 is 2.81 bits per heavy atom. The second-order valence-electron chi connectivity index (χ2n) is 10.2. The molecular weight excluding hydrogens is 362 g/mol. The number of aromatic nitrogens is 2. The van der Waals surface area contributed by atoms with Crippen LogP contribution in [-0.4, -0.2) is 22.6 Å². The van der Waals surface area contributed by atoms with Crippen LogP contribution < -0.4 is 4.90 Å². The average Bonchev–Trinajstić information content (AvgIpc) is 2.98. The fourth-order valence-corrected chi connectivity index (χ4v) is 7.81. The topological polar surface area (TPSA) is 29.0 Å². The first-order valence-corrected chi connectivity index (χ1v) is 11.2. The van der Waals surface area contributed by atoms with Crippen LogP contribution in [0, 0.1) is 16.7 Å². The van der Waals surface area contributed by atoms with Gasteiger partial charge in [-0.3, -0.25) is 0 Å². The third-order valence-electron chi connectivity index (χ3n) is 6.80. The van der Waals surface area contributed by atoms with E-state index in [9.17, 15) is 0 Å². The minimum Gasteiger partial charge on any atom is -0.352 e. The molecule has 2 bridgehead atoms. The number of rotatable bonds is 1. The molecule has 2 aromatic rings. The standard InChI is InChI=1S/C21H28ClN3S/c1-12-5-6-14-15(7-12)26-18-16(14)17(23-19(22)24-18)25-11-21(4)9-13(25)8-20(2,3)10-21/h12-13H,5-11H2,1-4H3. The molecule has 26 heavy (non-hydrogen) atoms. The van der Waals surface area contributed by atoms with Gasteiger partial charge in [-0.05, 0) is 72.4 Å². The predicted molar refractivity (Wildman–Crippen MR) is 110 cm³/mol. The highest BCUT2D eigenvalue weighted by molar-refractivity contribution is 7.19. The zero-order valence-corrected chi connectivity index (χ0v) is 17.8. The number of hydrogen-bond donors (Lipinski definition) is 0. The Kier molecular flexibility index (Phi) is 3.70. The zero-order chi connectivity index (χ0) is 18.3. The molecule has 3 nitrogen and oxygen atoms in total. The van der Waals surface area contributed by atoms with Gasteiger partial charge in [0.25, 0.3) is 0 Å². The molecule has 5 heteroatoms. The SMILES string of the molecule is CC1CCc2c(sc3nc(Cl)nc(N4CC5(C)CC4CC(C)(C)C5)c23)C1. The average molecular weight is 390 g/mol. The van der Waals surface area contributed by atoms with Crippen LogP contribution in [0.3, 0.4) is 0 Å². The molecular formula is C21H28ClN3S. The van der Waals surface area contributed by atoms with Crippen LogP contribution in [0.25, 0.3) is 10.2 Å². The van der Waals surface area contributed by atoms with E-state index in [0.717, 1.165) is 29.5 Å². The lowest BCUT2D eigenvalue weighted by molar-refractivity contribution is 0.136. The number of anilines is 1. The van der Waals surface area contributed by atoms with Crippen molar-refractivity contribution >= 4 is 39.0 Å². The van der Waals surface area contributed by atoms with E-state index in [1.807, 2.05) is 11.3 Å². The minimum absolute atomic E-state index is 0.390. The van der Waals surface area contributed by atoms with E-state index in [0.29, 0.717) is 22.2 Å². The van der Waals surface area contributed by atoms with Gasteiger partial charge in [0, 0.05) is 17.5 Å². The van der Waals surface area contributed by atoms with E-state index in [2.05, 4.69) is 37.6 Å². The van der Waals surface area contributed by atoms with Crippen molar-refractivity contribution in [1.82, 2.24) is 9.97 Å². The number of fused-ring (bicyclic) bond motifs is 5. The number of thiophene rings is 1. The lowest BCUT2D eigenvalue weighted by atomic mass is 9.65. The number of aryl methyl sites for hydroxylation is 1. The van der Waals surface area contributed by atoms with Gasteiger partial charge < -0.3 is 4.90 Å². The summed E-state index contributed by atoms with van der Waals surface area (Å²) in [6.45, 7) is 10.8. The van der Waals surface area contributed by atoms with Gasteiger partial charge in [-0.1, -0.05) is 27.7 Å². The largest absolute Gasteiger partial charge is 0.352 e. The molecule has 0 radical (unpaired) electrons. The predicted octanol–water partition coefficient (Wildman–Crippen LogP) is 5.87. The summed E-state index contributed by atoms with van der Waals surface area (Å²) in [7, 11) is 0. The van der Waals surface area contributed by atoms with Crippen LogP contribution in [0.2, 0.25) is 5.28 Å². The Morgan fingerprint density at radius 1 is 1.19 bits per heavy atom. The first-order chi connectivity index (χ1) is 12.2. The van der Waals surface area contributed by atoms with Gasteiger partial charge >= 0.3 is 0 Å². The fourth-order valence-electron chi connectivity index (χ4n) is 6.21. The van der Waals surface area contributed by atoms with Gasteiger partial charge in [0.15, 0.2) is 0 Å². The molecule has 3 atom stereocenters. The molecule has 1 aliphatic heterocycles. The second kappa shape index (κ2) is 5.57. The molecule has 2 fully saturated rings. The van der Waals surface area contributed by atoms with Crippen molar-refractivity contribution in [3.63, 3.8) is 0 Å². The van der Waals surface area contributed by atoms with Crippen LogP contribution in [0.4, 0.5) is 5.82 Å². The molecule has 3 aliphatic rings. The van der Waals surface area contributed by atoms with Crippen molar-refractivity contribution in [2.24, 2.45) is 16.7 Å². The Balaban J connectivity index is 1.66. The van der Waals surface area contributed by atoms with Crippen LogP contribution in [0.5, 0.6) is 0 Å². The summed E-state index contributed by atoms with van der Waals surface area (Å²) in [5, 5.41) is 1.72. The highest BCUT2D eigenvalue weighted by Crippen LogP contribution is 2.54. The third kappa shape index (κ3) is 2.67. The maximum atomic E-state index is 6.39. The highest BCUT2D eigenvalue weighted by Gasteiger charge is 2.50. The maximum Gasteiger partial charge on any atom is 0.225 e. The number of halogens is 1. The summed E-state index contributed by atoms with van der Waals surface area (Å²) in [6, 6.07) is 0.580. The molecule has 2 aromatic heterocycles. The summed E-state index contributed by atoms with van der Waals surface area (Å²) < 4.78 is 0. The summed E-state index contributed by atoms with van der Waals surface area (Å²) >= 11 is 8.24. The number of hydrogen-bond acceptors (Lipinski definition) is 4. The quantitative estimate of drug-likeness (QED) is 0.570. The van der Waals surface area contributed by atoms with Crippen LogP contribution in [-0.2, 0) is 12.8 Å². The number of nitrogens with zero attached hydrogens (tertiary/aromatic N) is 3. The summed E-state index contributed by atoms with van der Waals surface area (Å²) in [5.41, 5.74) is 2.31. The molecule has 5 rings (SSSR count). The van der Waals surface area contributed by atoms with Crippen molar-refractivity contribution in [2.75, 3.05) is 11.4 Å². The van der Waals surface area contributed by atoms with E-state index in [-0.39, 0.29) is 0 Å². The summed E-state index contributed by atoms with van der Waals surface area (Å²) in [4.78, 5) is 14.6. The first kappa shape index (κ1) is 17.2. The molecule has 1 saturated carbocycles. The van der Waals surface area contributed by atoms with Gasteiger partial charge in [0.2, 0.25) is 5.28 Å². The molecule has 1 saturated heterocycles. The molecule has 0 spiro atoms. The zero-order valence-electron chi connectivity index (χ0n) is 16.2. The minimum atomic E-state index is 0.390. The Bertz CT molecular complexity index is 889. The Morgan fingerprint density at radius 2 is 2.00 bits per heavy atom. The molecule has 0 N–H and O–H groups in total. The normalized spacial score (nSPS) is 32.9. The van der Waals surface area contributed by atoms with Crippen molar-refractivity contribution in [2.45, 2.75) is 72.3 Å². The van der Waals surface area contributed by atoms with Gasteiger partial charge in [-0.15, -0.1) is 11.3 Å². The molecule has 0 amide bonds. The Hall–Kier alpha value is -0.870. The van der Waals surface area contributed by atoms with Crippen LogP contribution in [0.1, 0.15) is 63.8 Å². The van der Waals surface area contributed by atoms with Crippen molar-refractivity contribution in [3.05, 3.63) is 15.7 Å². The van der Waals surface area contributed by atoms with Gasteiger partial charge in [0.1, 0.15) is 10.6 Å². The fraction of sp³-hybridized carbons (Fsp3) is 0.714. The third-order valence-corrected chi connectivity index (χ3v) is 8.11. The smallest absolute Gasteiger partial charge is 0.225 e. The van der Waals surface area contributed by atoms with Crippen LogP contribution >= 0.6 is 22.9 Å². The monoisotopic (exact) mass is 389 g/mol. The first-order valence-electron chi connectivity index (χ1n) is 9.97. The van der Waals surface area contributed by atoms with Crippen molar-refractivity contribution in [1.29, 1.82) is 0 Å². The second-order valence-corrected chi connectivity index (χ2v) is 11.6. The summed E-state index contributed by atoms with van der Waals surface area (Å²) in [6.07, 6.45) is 7.44. The van der Waals surface area contributed by atoms with E-state index in [1.165, 1.54) is 47.9 Å². The van der Waals surface area contributed by atoms with Gasteiger partial charge in [-0.25, -0.2) is 4.98 Å². The van der Waals surface area contributed by atoms with E-state index in [1.54, 1.807) is 0 Å². The van der Waals surface area contributed by atoms with Crippen molar-refractivity contribution < 1.29 is 0 Å².